The van der Waals surface area contributed by atoms with Crippen molar-refractivity contribution < 1.29 is 34.1 Å². The van der Waals surface area contributed by atoms with Gasteiger partial charge in [-0.1, -0.05) is 42.0 Å². The average Bonchev–Trinajstić information content (AvgIpc) is 2.84. The molecule has 35 heavy (non-hydrogen) atoms. The summed E-state index contributed by atoms with van der Waals surface area (Å²) >= 11 is 0. The van der Waals surface area contributed by atoms with Crippen LogP contribution < -0.4 is 4.74 Å². The molecule has 2 N–H and O–H groups in total. The molecule has 1 aliphatic carbocycles. The zero-order valence-electron chi connectivity index (χ0n) is 19.3. The van der Waals surface area contributed by atoms with Crippen molar-refractivity contribution >= 4 is 28.3 Å². The van der Waals surface area contributed by atoms with Gasteiger partial charge in [0.15, 0.2) is 18.2 Å². The van der Waals surface area contributed by atoms with Gasteiger partial charge in [0.1, 0.15) is 23.4 Å². The number of fused-ring (bicyclic) bond motifs is 2. The number of hydrogen-bond acceptors (Lipinski definition) is 7. The van der Waals surface area contributed by atoms with Gasteiger partial charge in [-0.2, -0.15) is 0 Å². The van der Waals surface area contributed by atoms with Gasteiger partial charge in [-0.15, -0.1) is 0 Å². The number of ketones is 2. The molecule has 1 unspecified atom stereocenters. The van der Waals surface area contributed by atoms with E-state index in [-0.39, 0.29) is 23.1 Å². The first-order chi connectivity index (χ1) is 16.7. The van der Waals surface area contributed by atoms with E-state index >= 15 is 0 Å². The van der Waals surface area contributed by atoms with Crippen LogP contribution in [-0.4, -0.2) is 40.5 Å². The second kappa shape index (κ2) is 9.85. The Hall–Kier alpha value is -4.39. The van der Waals surface area contributed by atoms with Gasteiger partial charge in [-0.25, -0.2) is 4.79 Å². The molecule has 4 rings (SSSR count). The van der Waals surface area contributed by atoms with Crippen LogP contribution in [0.4, 0.5) is 0 Å². The Morgan fingerprint density at radius 2 is 1.63 bits per heavy atom. The van der Waals surface area contributed by atoms with E-state index in [9.17, 15) is 24.6 Å². The minimum Gasteiger partial charge on any atom is -0.507 e. The maximum atomic E-state index is 13.2. The van der Waals surface area contributed by atoms with Crippen LogP contribution in [0.3, 0.4) is 0 Å². The predicted molar refractivity (Wildman–Crippen MR) is 130 cm³/mol. The van der Waals surface area contributed by atoms with E-state index in [4.69, 9.17) is 9.47 Å². The summed E-state index contributed by atoms with van der Waals surface area (Å²) < 4.78 is 11.2. The van der Waals surface area contributed by atoms with E-state index in [0.717, 1.165) is 34.6 Å². The molecule has 0 saturated carbocycles. The standard InChI is InChI=1S/C28H24O7/c1-16(2)7-12-24(20-14-23(31)26-21(29)10-11-22(30)27(26)28(20)33)35-25(32)15-34-19-9-8-17-5-3-4-6-18(17)13-19/h3-11,13-14,24,29-30H,12,15H2,1-2H3. The van der Waals surface area contributed by atoms with Crippen molar-refractivity contribution in [2.24, 2.45) is 0 Å². The lowest BCUT2D eigenvalue weighted by Gasteiger charge is -2.23. The molecule has 7 nitrogen and oxygen atoms in total. The Morgan fingerprint density at radius 3 is 2.34 bits per heavy atom. The fraction of sp³-hybridized carbons (Fsp3) is 0.179. The minimum absolute atomic E-state index is 0.0834. The molecule has 0 bridgehead atoms. The number of aromatic hydroxyl groups is 2. The molecule has 3 aromatic carbocycles. The van der Waals surface area contributed by atoms with Gasteiger partial charge < -0.3 is 19.7 Å². The lowest BCUT2D eigenvalue weighted by molar-refractivity contribution is -0.149. The van der Waals surface area contributed by atoms with Crippen molar-refractivity contribution in [2.45, 2.75) is 26.4 Å². The number of allylic oxidation sites excluding steroid dienone is 2. The molecule has 0 aromatic heterocycles. The van der Waals surface area contributed by atoms with E-state index in [1.165, 1.54) is 0 Å². The summed E-state index contributed by atoms with van der Waals surface area (Å²) in [7, 11) is 0. The number of carbonyl (C=O) groups is 3. The number of phenolic OH excluding ortho intramolecular Hbond substituents is 2. The molecule has 0 fully saturated rings. The van der Waals surface area contributed by atoms with Gasteiger partial charge in [0.05, 0.1) is 11.1 Å². The Bertz CT molecular complexity index is 1390. The van der Waals surface area contributed by atoms with Crippen LogP contribution in [-0.2, 0) is 9.53 Å². The van der Waals surface area contributed by atoms with Crippen molar-refractivity contribution in [3.63, 3.8) is 0 Å². The van der Waals surface area contributed by atoms with Gasteiger partial charge in [0, 0.05) is 12.0 Å². The van der Waals surface area contributed by atoms with E-state index in [0.29, 0.717) is 5.75 Å². The highest BCUT2D eigenvalue weighted by atomic mass is 16.6. The largest absolute Gasteiger partial charge is 0.507 e. The quantitative estimate of drug-likeness (QED) is 0.286. The number of benzene rings is 3. The normalized spacial score (nSPS) is 13.6. The maximum absolute atomic E-state index is 13.2. The fourth-order valence-corrected chi connectivity index (χ4v) is 3.90. The number of ether oxygens (including phenoxy) is 2. The summed E-state index contributed by atoms with van der Waals surface area (Å²) in [5, 5.41) is 22.2. The molecular weight excluding hydrogens is 448 g/mol. The van der Waals surface area contributed by atoms with E-state index < -0.39 is 41.7 Å². The Morgan fingerprint density at radius 1 is 0.943 bits per heavy atom. The molecular formula is C28H24O7. The average molecular weight is 472 g/mol. The molecule has 0 radical (unpaired) electrons. The van der Waals surface area contributed by atoms with E-state index in [2.05, 4.69) is 0 Å². The van der Waals surface area contributed by atoms with Gasteiger partial charge in [0.2, 0.25) is 0 Å². The van der Waals surface area contributed by atoms with Crippen molar-refractivity contribution in [2.75, 3.05) is 6.61 Å². The molecule has 1 atom stereocenters. The molecule has 7 heteroatoms. The second-order valence-electron chi connectivity index (χ2n) is 8.44. The summed E-state index contributed by atoms with van der Waals surface area (Å²) in [4.78, 5) is 38.5. The van der Waals surface area contributed by atoms with Gasteiger partial charge in [0.25, 0.3) is 0 Å². The first-order valence-corrected chi connectivity index (χ1v) is 11.0. The number of phenols is 2. The van der Waals surface area contributed by atoms with Gasteiger partial charge in [-0.05, 0) is 55.0 Å². The van der Waals surface area contributed by atoms with Crippen molar-refractivity contribution in [1.29, 1.82) is 0 Å². The van der Waals surface area contributed by atoms with E-state index in [1.807, 2.05) is 44.2 Å². The lowest BCUT2D eigenvalue weighted by atomic mass is 9.85. The zero-order chi connectivity index (χ0) is 25.1. The van der Waals surface area contributed by atoms with Crippen LogP contribution in [0.25, 0.3) is 10.8 Å². The molecule has 178 valence electrons. The fourth-order valence-electron chi connectivity index (χ4n) is 3.90. The third kappa shape index (κ3) is 5.09. The SMILES string of the molecule is CC(C)=CCC(OC(=O)COc1ccc2ccccc2c1)C1=CC(=O)c2c(O)ccc(O)c2C1=O. The molecule has 0 aliphatic heterocycles. The smallest absolute Gasteiger partial charge is 0.344 e. The molecule has 0 amide bonds. The second-order valence-corrected chi connectivity index (χ2v) is 8.44. The summed E-state index contributed by atoms with van der Waals surface area (Å²) in [6.45, 7) is 3.30. The van der Waals surface area contributed by atoms with Gasteiger partial charge in [-0.3, -0.25) is 9.59 Å². The summed E-state index contributed by atoms with van der Waals surface area (Å²) in [6, 6.07) is 15.4. The third-order valence-corrected chi connectivity index (χ3v) is 5.62. The van der Waals surface area contributed by atoms with E-state index in [1.54, 1.807) is 18.2 Å². The number of rotatable bonds is 7. The van der Waals surface area contributed by atoms with Crippen LogP contribution in [0.2, 0.25) is 0 Å². The number of carbonyl (C=O) groups excluding carboxylic acids is 3. The lowest BCUT2D eigenvalue weighted by Crippen LogP contribution is -2.30. The zero-order valence-corrected chi connectivity index (χ0v) is 19.3. The maximum Gasteiger partial charge on any atom is 0.344 e. The monoisotopic (exact) mass is 472 g/mol. The van der Waals surface area contributed by atoms with Crippen molar-refractivity contribution in [3.05, 3.63) is 89.0 Å². The minimum atomic E-state index is -1.08. The summed E-state index contributed by atoms with van der Waals surface area (Å²) in [6.07, 6.45) is 1.89. The molecule has 0 spiro atoms. The van der Waals surface area contributed by atoms with Crippen molar-refractivity contribution in [3.8, 4) is 17.2 Å². The van der Waals surface area contributed by atoms with Crippen molar-refractivity contribution in [1.82, 2.24) is 0 Å². The summed E-state index contributed by atoms with van der Waals surface area (Å²) in [5.74, 6) is -2.44. The topological polar surface area (TPSA) is 110 Å². The first kappa shape index (κ1) is 23.8. The molecule has 0 saturated heterocycles. The summed E-state index contributed by atoms with van der Waals surface area (Å²) in [5.41, 5.74) is 0.262. The predicted octanol–water partition coefficient (Wildman–Crippen LogP) is 4.90. The van der Waals surface area contributed by atoms with Crippen LogP contribution in [0.5, 0.6) is 17.2 Å². The Labute approximate surface area is 201 Å². The molecule has 1 aliphatic rings. The highest BCUT2D eigenvalue weighted by molar-refractivity contribution is 6.27. The number of hydrogen-bond donors (Lipinski definition) is 2. The highest BCUT2D eigenvalue weighted by Crippen LogP contribution is 2.36. The highest BCUT2D eigenvalue weighted by Gasteiger charge is 2.35. The first-order valence-electron chi connectivity index (χ1n) is 11.0. The van der Waals surface area contributed by atoms with Crippen LogP contribution >= 0.6 is 0 Å². The Balaban J connectivity index is 1.54. The Kier molecular flexibility index (Phi) is 6.68. The van der Waals surface area contributed by atoms with Crippen LogP contribution in [0.15, 0.2) is 77.9 Å². The van der Waals surface area contributed by atoms with Crippen LogP contribution in [0, 0.1) is 0 Å². The number of esters is 1. The molecule has 3 aromatic rings. The molecule has 0 heterocycles. The van der Waals surface area contributed by atoms with Crippen LogP contribution in [0.1, 0.15) is 41.0 Å². The van der Waals surface area contributed by atoms with Gasteiger partial charge >= 0.3 is 5.97 Å². The third-order valence-electron chi connectivity index (χ3n) is 5.62. The number of Topliss-reactive ketones (excluding diaryl/α,β-unsaturated/α-hetero) is 1.